The maximum Gasteiger partial charge on any atom is 0.241 e. The molecule has 7 nitrogen and oxygen atoms in total. The standard InChI is InChI=1S/C22H22FI2N5O2S/c23-19-11-14(5-10-18(19)20-12-28-22(26)13-27-20)17-3-1-2-4-21(17)33(31,32)29-15-6-8-16(9-7-15)30(24)25/h1-5,10-13,15-16,29H,6-9H2,(H2,26,28)/t15-,16+. The lowest BCUT2D eigenvalue weighted by Gasteiger charge is -2.30. The number of nitrogens with zero attached hydrogens (tertiary/aromatic N) is 3. The highest BCUT2D eigenvalue weighted by atomic mass is 127. The number of halogens is 3. The van der Waals surface area contributed by atoms with Crippen molar-refractivity contribution in [3.8, 4) is 22.4 Å². The summed E-state index contributed by atoms with van der Waals surface area (Å²) in [6.07, 6.45) is 6.19. The topological polar surface area (TPSA) is 101 Å². The Balaban J connectivity index is 1.60. The molecule has 0 amide bonds. The Labute approximate surface area is 220 Å². The third-order valence-electron chi connectivity index (χ3n) is 5.70. The van der Waals surface area contributed by atoms with Crippen LogP contribution in [0.3, 0.4) is 0 Å². The van der Waals surface area contributed by atoms with Gasteiger partial charge in [-0.25, -0.2) is 22.5 Å². The van der Waals surface area contributed by atoms with Crippen LogP contribution in [0.5, 0.6) is 0 Å². The zero-order valence-electron chi connectivity index (χ0n) is 17.5. The van der Waals surface area contributed by atoms with E-state index in [4.69, 9.17) is 5.73 Å². The Hall–Kier alpha value is -1.42. The molecule has 33 heavy (non-hydrogen) atoms. The van der Waals surface area contributed by atoms with Crippen LogP contribution in [0.4, 0.5) is 10.2 Å². The number of benzene rings is 2. The van der Waals surface area contributed by atoms with Gasteiger partial charge in [-0.3, -0.25) is 4.98 Å². The summed E-state index contributed by atoms with van der Waals surface area (Å²) in [6.45, 7) is 0. The molecule has 1 fully saturated rings. The zero-order valence-corrected chi connectivity index (χ0v) is 22.6. The second-order valence-electron chi connectivity index (χ2n) is 7.90. The summed E-state index contributed by atoms with van der Waals surface area (Å²) in [5.74, 6) is -0.274. The van der Waals surface area contributed by atoms with Crippen molar-refractivity contribution >= 4 is 61.6 Å². The van der Waals surface area contributed by atoms with Gasteiger partial charge < -0.3 is 5.73 Å². The van der Waals surface area contributed by atoms with Crippen LogP contribution in [0.2, 0.25) is 0 Å². The third kappa shape index (κ3) is 5.81. The number of nitrogens with two attached hydrogens (primary N) is 1. The van der Waals surface area contributed by atoms with Gasteiger partial charge in [0.1, 0.15) is 11.6 Å². The van der Waals surface area contributed by atoms with Crippen molar-refractivity contribution in [2.24, 2.45) is 0 Å². The van der Waals surface area contributed by atoms with Gasteiger partial charge in [0.2, 0.25) is 10.0 Å². The normalized spacial score (nSPS) is 19.0. The van der Waals surface area contributed by atoms with Gasteiger partial charge >= 0.3 is 0 Å². The minimum atomic E-state index is -3.78. The molecule has 0 unspecified atom stereocenters. The molecule has 2 aromatic carbocycles. The van der Waals surface area contributed by atoms with Crippen LogP contribution in [0.1, 0.15) is 25.7 Å². The van der Waals surface area contributed by atoms with Crippen molar-refractivity contribution in [1.82, 2.24) is 16.0 Å². The first-order valence-electron chi connectivity index (χ1n) is 10.3. The first-order chi connectivity index (χ1) is 15.7. The molecule has 0 aliphatic heterocycles. The molecule has 0 radical (unpaired) electrons. The zero-order chi connectivity index (χ0) is 23.6. The van der Waals surface area contributed by atoms with E-state index in [-0.39, 0.29) is 22.3 Å². The highest BCUT2D eigenvalue weighted by molar-refractivity contribution is 14.2. The van der Waals surface area contributed by atoms with Crippen molar-refractivity contribution in [2.75, 3.05) is 5.73 Å². The minimum absolute atomic E-state index is 0.116. The Morgan fingerprint density at radius 3 is 2.36 bits per heavy atom. The number of anilines is 1. The molecule has 11 heteroatoms. The summed E-state index contributed by atoms with van der Waals surface area (Å²) in [5.41, 5.74) is 7.08. The van der Waals surface area contributed by atoms with E-state index in [1.807, 2.05) is 0 Å². The van der Waals surface area contributed by atoms with Crippen molar-refractivity contribution in [3.63, 3.8) is 0 Å². The van der Waals surface area contributed by atoms with Gasteiger partial charge in [-0.2, -0.15) is 1.33 Å². The highest BCUT2D eigenvalue weighted by Crippen LogP contribution is 2.33. The molecule has 4 rings (SSSR count). The number of aromatic nitrogens is 2. The summed E-state index contributed by atoms with van der Waals surface area (Å²) >= 11 is 4.53. The predicted molar refractivity (Wildman–Crippen MR) is 144 cm³/mol. The van der Waals surface area contributed by atoms with Crippen LogP contribution in [0.25, 0.3) is 22.4 Å². The van der Waals surface area contributed by atoms with E-state index in [1.54, 1.807) is 36.4 Å². The van der Waals surface area contributed by atoms with E-state index in [0.29, 0.717) is 22.9 Å². The number of nitrogen functional groups attached to an aromatic ring is 1. The highest BCUT2D eigenvalue weighted by Gasteiger charge is 2.28. The van der Waals surface area contributed by atoms with Crippen LogP contribution in [-0.2, 0) is 10.0 Å². The summed E-state index contributed by atoms with van der Waals surface area (Å²) < 4.78 is 46.5. The number of sulfonamides is 1. The molecular weight excluding hydrogens is 671 g/mol. The first-order valence-corrected chi connectivity index (χ1v) is 13.8. The van der Waals surface area contributed by atoms with Crippen LogP contribution in [0, 0.1) is 5.82 Å². The van der Waals surface area contributed by atoms with Crippen molar-refractivity contribution in [1.29, 1.82) is 0 Å². The van der Waals surface area contributed by atoms with Gasteiger partial charge in [0.25, 0.3) is 0 Å². The van der Waals surface area contributed by atoms with E-state index in [0.717, 1.165) is 25.7 Å². The molecule has 0 spiro atoms. The lowest BCUT2D eigenvalue weighted by atomic mass is 9.93. The van der Waals surface area contributed by atoms with E-state index >= 15 is 0 Å². The average Bonchev–Trinajstić information content (AvgIpc) is 2.80. The number of nitrogens with one attached hydrogen (secondary N) is 1. The van der Waals surface area contributed by atoms with Crippen molar-refractivity contribution < 1.29 is 12.8 Å². The fourth-order valence-corrected chi connectivity index (χ4v) is 6.63. The quantitative estimate of drug-likeness (QED) is 0.275. The van der Waals surface area contributed by atoms with Crippen LogP contribution in [-0.4, -0.2) is 31.8 Å². The molecule has 1 heterocycles. The van der Waals surface area contributed by atoms with Gasteiger partial charge in [-0.15, -0.1) is 0 Å². The van der Waals surface area contributed by atoms with Crippen LogP contribution < -0.4 is 10.5 Å². The van der Waals surface area contributed by atoms with Gasteiger partial charge in [-0.1, -0.05) is 24.3 Å². The Morgan fingerprint density at radius 1 is 1.00 bits per heavy atom. The largest absolute Gasteiger partial charge is 0.382 e. The van der Waals surface area contributed by atoms with Gasteiger partial charge in [0, 0.05) is 68.9 Å². The molecule has 174 valence electrons. The molecule has 1 aliphatic rings. The molecule has 0 saturated heterocycles. The van der Waals surface area contributed by atoms with Gasteiger partial charge in [-0.05, 0) is 49.4 Å². The van der Waals surface area contributed by atoms with Gasteiger partial charge in [0.05, 0.1) is 23.0 Å². The molecule has 0 bridgehead atoms. The number of rotatable bonds is 6. The van der Waals surface area contributed by atoms with Crippen molar-refractivity contribution in [3.05, 3.63) is 60.7 Å². The Kier molecular flexibility index (Phi) is 7.83. The maximum absolute atomic E-state index is 15.0. The second kappa shape index (κ2) is 10.5. The predicted octanol–water partition coefficient (Wildman–Crippen LogP) is 5.12. The monoisotopic (exact) mass is 693 g/mol. The summed E-state index contributed by atoms with van der Waals surface area (Å²) in [5, 5.41) is 0. The fraction of sp³-hybridized carbons (Fsp3) is 0.273. The minimum Gasteiger partial charge on any atom is -0.382 e. The summed E-state index contributed by atoms with van der Waals surface area (Å²) in [4.78, 5) is 8.20. The summed E-state index contributed by atoms with van der Waals surface area (Å²) in [7, 11) is -3.78. The number of hydrogen-bond acceptors (Lipinski definition) is 6. The molecule has 1 saturated carbocycles. The third-order valence-corrected chi connectivity index (χ3v) is 8.85. The van der Waals surface area contributed by atoms with Crippen LogP contribution >= 0.6 is 45.7 Å². The fourth-order valence-electron chi connectivity index (χ4n) is 3.98. The van der Waals surface area contributed by atoms with E-state index in [9.17, 15) is 12.8 Å². The lowest BCUT2D eigenvalue weighted by molar-refractivity contribution is 0.336. The molecular formula is C22H22FI2N5O2S. The van der Waals surface area contributed by atoms with Crippen LogP contribution in [0.15, 0.2) is 59.8 Å². The van der Waals surface area contributed by atoms with E-state index in [1.165, 1.54) is 18.5 Å². The smallest absolute Gasteiger partial charge is 0.241 e. The first kappa shape index (κ1) is 24.7. The molecule has 0 atom stereocenters. The van der Waals surface area contributed by atoms with Crippen molar-refractivity contribution in [2.45, 2.75) is 42.7 Å². The second-order valence-corrected chi connectivity index (χ2v) is 13.5. The molecule has 1 aromatic heterocycles. The summed E-state index contributed by atoms with van der Waals surface area (Å²) in [6, 6.07) is 11.6. The maximum atomic E-state index is 15.0. The SMILES string of the molecule is Nc1cnc(-c2ccc(-c3ccccc3S(=O)(=O)N[C@H]3CC[C@@H](N(I)I)CC3)cc2F)cn1. The van der Waals surface area contributed by atoms with Gasteiger partial charge in [0.15, 0.2) is 0 Å². The Bertz CT molecular complexity index is 1230. The molecule has 3 aromatic rings. The van der Waals surface area contributed by atoms with E-state index in [2.05, 4.69) is 61.7 Å². The molecule has 1 aliphatic carbocycles. The number of hydrogen-bond donors (Lipinski definition) is 2. The van der Waals surface area contributed by atoms with E-state index < -0.39 is 15.8 Å². The average molecular weight is 693 g/mol. The lowest BCUT2D eigenvalue weighted by Crippen LogP contribution is -2.40. The Morgan fingerprint density at radius 2 is 1.73 bits per heavy atom. The molecule has 3 N–H and O–H groups in total.